The van der Waals surface area contributed by atoms with Gasteiger partial charge in [0.05, 0.1) is 21.3 Å². The highest BCUT2D eigenvalue weighted by molar-refractivity contribution is 5.55. The molecule has 0 radical (unpaired) electrons. The van der Waals surface area contributed by atoms with Crippen molar-refractivity contribution in [3.05, 3.63) is 17.7 Å². The molecule has 0 aliphatic heterocycles. The molecule has 0 aromatic heterocycles. The fourth-order valence-electron chi connectivity index (χ4n) is 2.95. The van der Waals surface area contributed by atoms with E-state index in [2.05, 4.69) is 12.2 Å². The molecular weight excluding hydrogens is 254 g/mol. The average Bonchev–Trinajstić information content (AvgIpc) is 2.89. The summed E-state index contributed by atoms with van der Waals surface area (Å²) in [5.41, 5.74) is 1.10. The lowest BCUT2D eigenvalue weighted by Gasteiger charge is -2.18. The van der Waals surface area contributed by atoms with Crippen LogP contribution in [0.1, 0.15) is 31.7 Å². The smallest absolute Gasteiger partial charge is 0.203 e. The van der Waals surface area contributed by atoms with Crippen molar-refractivity contribution in [2.45, 2.75) is 38.8 Å². The van der Waals surface area contributed by atoms with Gasteiger partial charge in [0, 0.05) is 18.2 Å². The molecule has 0 bridgehead atoms. The molecule has 2 rings (SSSR count). The van der Waals surface area contributed by atoms with Crippen molar-refractivity contribution < 1.29 is 14.2 Å². The van der Waals surface area contributed by atoms with E-state index >= 15 is 0 Å². The second-order valence-electron chi connectivity index (χ2n) is 5.49. The Morgan fingerprint density at radius 2 is 1.80 bits per heavy atom. The van der Waals surface area contributed by atoms with Crippen LogP contribution in [0.3, 0.4) is 0 Å². The number of hydrogen-bond donors (Lipinski definition) is 1. The normalized spacial score (nSPS) is 21.8. The second-order valence-corrected chi connectivity index (χ2v) is 5.49. The van der Waals surface area contributed by atoms with Gasteiger partial charge in [-0.25, -0.2) is 0 Å². The quantitative estimate of drug-likeness (QED) is 0.869. The van der Waals surface area contributed by atoms with Crippen molar-refractivity contribution in [1.29, 1.82) is 0 Å². The zero-order chi connectivity index (χ0) is 14.5. The maximum atomic E-state index is 5.50. The van der Waals surface area contributed by atoms with Gasteiger partial charge in [0.2, 0.25) is 5.75 Å². The molecule has 1 aliphatic carbocycles. The molecule has 4 heteroatoms. The van der Waals surface area contributed by atoms with Crippen LogP contribution in [0.4, 0.5) is 0 Å². The highest BCUT2D eigenvalue weighted by Crippen LogP contribution is 2.39. The molecule has 1 aliphatic rings. The molecule has 1 fully saturated rings. The lowest BCUT2D eigenvalue weighted by Crippen LogP contribution is -2.26. The van der Waals surface area contributed by atoms with Crippen molar-refractivity contribution in [2.24, 2.45) is 5.92 Å². The van der Waals surface area contributed by atoms with E-state index in [0.29, 0.717) is 17.5 Å². The molecular formula is C16H25NO3. The summed E-state index contributed by atoms with van der Waals surface area (Å²) in [6.07, 6.45) is 3.84. The van der Waals surface area contributed by atoms with Gasteiger partial charge >= 0.3 is 0 Å². The lowest BCUT2D eigenvalue weighted by atomic mass is 10.1. The Balaban J connectivity index is 2.10. The van der Waals surface area contributed by atoms with E-state index in [-0.39, 0.29) is 0 Å². The Bertz CT molecular complexity index is 448. The minimum atomic E-state index is 0.614. The monoisotopic (exact) mass is 279 g/mol. The fraction of sp³-hybridized carbons (Fsp3) is 0.625. The Labute approximate surface area is 121 Å². The van der Waals surface area contributed by atoms with E-state index < -0.39 is 0 Å². The maximum Gasteiger partial charge on any atom is 0.203 e. The third kappa shape index (κ3) is 3.18. The molecule has 20 heavy (non-hydrogen) atoms. The van der Waals surface area contributed by atoms with E-state index in [9.17, 15) is 0 Å². The molecule has 1 N–H and O–H groups in total. The first-order valence-corrected chi connectivity index (χ1v) is 7.20. The largest absolute Gasteiger partial charge is 0.493 e. The summed E-state index contributed by atoms with van der Waals surface area (Å²) in [4.78, 5) is 0. The van der Waals surface area contributed by atoms with Gasteiger partial charge in [0.15, 0.2) is 11.5 Å². The lowest BCUT2D eigenvalue weighted by molar-refractivity contribution is 0.321. The SMILES string of the molecule is COc1ccc(CNC2CCC(C)C2)c(OC)c1OC. The van der Waals surface area contributed by atoms with Crippen LogP contribution in [-0.4, -0.2) is 27.4 Å². The van der Waals surface area contributed by atoms with Gasteiger partial charge in [0.1, 0.15) is 0 Å². The first kappa shape index (κ1) is 15.0. The molecule has 4 nitrogen and oxygen atoms in total. The van der Waals surface area contributed by atoms with Crippen LogP contribution < -0.4 is 19.5 Å². The highest BCUT2D eigenvalue weighted by atomic mass is 16.5. The second kappa shape index (κ2) is 6.84. The molecule has 1 aromatic rings. The predicted octanol–water partition coefficient (Wildman–Crippen LogP) is 2.99. The molecule has 0 amide bonds. The predicted molar refractivity (Wildman–Crippen MR) is 79.7 cm³/mol. The van der Waals surface area contributed by atoms with Crippen molar-refractivity contribution in [3.63, 3.8) is 0 Å². The van der Waals surface area contributed by atoms with Gasteiger partial charge in [-0.15, -0.1) is 0 Å². The van der Waals surface area contributed by atoms with E-state index in [1.165, 1.54) is 19.3 Å². The Hall–Kier alpha value is -1.42. The van der Waals surface area contributed by atoms with Gasteiger partial charge in [-0.05, 0) is 31.2 Å². The van der Waals surface area contributed by atoms with E-state index in [1.807, 2.05) is 12.1 Å². The minimum Gasteiger partial charge on any atom is -0.493 e. The zero-order valence-corrected chi connectivity index (χ0v) is 12.9. The summed E-state index contributed by atoms with van der Waals surface area (Å²) in [7, 11) is 4.93. The van der Waals surface area contributed by atoms with Crippen molar-refractivity contribution in [3.8, 4) is 17.2 Å². The third-order valence-corrected chi connectivity index (χ3v) is 4.06. The number of ether oxygens (including phenoxy) is 3. The molecule has 2 unspecified atom stereocenters. The molecule has 2 atom stereocenters. The summed E-state index contributed by atoms with van der Waals surface area (Å²) in [5, 5.41) is 3.62. The number of benzene rings is 1. The maximum absolute atomic E-state index is 5.50. The van der Waals surface area contributed by atoms with Crippen molar-refractivity contribution >= 4 is 0 Å². The Morgan fingerprint density at radius 1 is 1.05 bits per heavy atom. The summed E-state index contributed by atoms with van der Waals surface area (Å²) < 4.78 is 16.2. The third-order valence-electron chi connectivity index (χ3n) is 4.06. The molecule has 0 saturated heterocycles. The van der Waals surface area contributed by atoms with Crippen LogP contribution in [0.25, 0.3) is 0 Å². The van der Waals surface area contributed by atoms with E-state index in [1.54, 1.807) is 21.3 Å². The van der Waals surface area contributed by atoms with Gasteiger partial charge in [-0.3, -0.25) is 0 Å². The Morgan fingerprint density at radius 3 is 2.35 bits per heavy atom. The van der Waals surface area contributed by atoms with E-state index in [0.717, 1.165) is 23.8 Å². The number of nitrogens with one attached hydrogen (secondary N) is 1. The first-order chi connectivity index (χ1) is 9.69. The van der Waals surface area contributed by atoms with Crippen molar-refractivity contribution in [2.75, 3.05) is 21.3 Å². The number of methoxy groups -OCH3 is 3. The molecule has 1 saturated carbocycles. The van der Waals surface area contributed by atoms with Crippen molar-refractivity contribution in [1.82, 2.24) is 5.32 Å². The van der Waals surface area contributed by atoms with Gasteiger partial charge in [0.25, 0.3) is 0 Å². The Kier molecular flexibility index (Phi) is 5.12. The molecule has 1 aromatic carbocycles. The minimum absolute atomic E-state index is 0.614. The van der Waals surface area contributed by atoms with Crippen LogP contribution in [0, 0.1) is 5.92 Å². The zero-order valence-electron chi connectivity index (χ0n) is 12.9. The summed E-state index contributed by atoms with van der Waals surface area (Å²) in [6.45, 7) is 3.11. The number of rotatable bonds is 6. The topological polar surface area (TPSA) is 39.7 Å². The summed E-state index contributed by atoms with van der Waals surface area (Å²) >= 11 is 0. The summed E-state index contributed by atoms with van der Waals surface area (Å²) in [5.74, 6) is 2.95. The standard InChI is InChI=1S/C16H25NO3/c1-11-5-7-13(9-11)17-10-12-6-8-14(18-2)16(20-4)15(12)19-3/h6,8,11,13,17H,5,7,9-10H2,1-4H3. The van der Waals surface area contributed by atoms with Crippen LogP contribution in [0.2, 0.25) is 0 Å². The highest BCUT2D eigenvalue weighted by Gasteiger charge is 2.22. The molecule has 0 heterocycles. The van der Waals surface area contributed by atoms with Crippen LogP contribution in [-0.2, 0) is 6.54 Å². The van der Waals surface area contributed by atoms with Gasteiger partial charge in [-0.1, -0.05) is 13.0 Å². The van der Waals surface area contributed by atoms with Gasteiger partial charge in [-0.2, -0.15) is 0 Å². The fourth-order valence-corrected chi connectivity index (χ4v) is 2.95. The number of hydrogen-bond acceptors (Lipinski definition) is 4. The van der Waals surface area contributed by atoms with Crippen LogP contribution >= 0.6 is 0 Å². The van der Waals surface area contributed by atoms with E-state index in [4.69, 9.17) is 14.2 Å². The average molecular weight is 279 g/mol. The molecule has 112 valence electrons. The van der Waals surface area contributed by atoms with Crippen LogP contribution in [0.5, 0.6) is 17.2 Å². The molecule has 0 spiro atoms. The van der Waals surface area contributed by atoms with Crippen LogP contribution in [0.15, 0.2) is 12.1 Å². The first-order valence-electron chi connectivity index (χ1n) is 7.20. The van der Waals surface area contributed by atoms with Gasteiger partial charge < -0.3 is 19.5 Å². The summed E-state index contributed by atoms with van der Waals surface area (Å²) in [6, 6.07) is 4.57.